The molecule has 61 heavy (non-hydrogen) atoms. The molecule has 0 aromatic carbocycles. The minimum Gasteiger partial charge on any atom is -0.457 e. The van der Waals surface area contributed by atoms with Crippen LogP contribution in [0.4, 0.5) is 0 Å². The largest absolute Gasteiger partial charge is 0.470 e. The summed E-state index contributed by atoms with van der Waals surface area (Å²) in [6, 6.07) is -1.54. The van der Waals surface area contributed by atoms with E-state index in [1.54, 1.807) is 0 Å². The smallest absolute Gasteiger partial charge is 0.457 e. The summed E-state index contributed by atoms with van der Waals surface area (Å²) >= 11 is 0. The Hall–Kier alpha value is -1.64. The Morgan fingerprint density at radius 2 is 0.984 bits per heavy atom. The van der Waals surface area contributed by atoms with E-state index in [1.807, 2.05) is 0 Å². The van der Waals surface area contributed by atoms with Crippen molar-refractivity contribution in [2.75, 3.05) is 6.61 Å². The lowest BCUT2D eigenvalue weighted by atomic mass is 9.96. The van der Waals surface area contributed by atoms with Crippen molar-refractivity contribution in [2.45, 2.75) is 269 Å². The number of esters is 2. The summed E-state index contributed by atoms with van der Waals surface area (Å²) in [5.41, 5.74) is 0. The maximum Gasteiger partial charge on any atom is 0.470 e. The number of nitrogens with one attached hydrogen (secondary N) is 1. The molecule has 1 aliphatic heterocycles. The topological polar surface area (TPSA) is 218 Å². The van der Waals surface area contributed by atoms with Crippen LogP contribution in [0.3, 0.4) is 0 Å². The van der Waals surface area contributed by atoms with Gasteiger partial charge in [-0.25, -0.2) is 4.57 Å². The quantitative estimate of drug-likeness (QED) is 0.0192. The van der Waals surface area contributed by atoms with Crippen LogP contribution in [0.2, 0.25) is 0 Å². The zero-order valence-corrected chi connectivity index (χ0v) is 39.2. The number of hydrogen-bond donors (Lipinski definition) is 6. The Morgan fingerprint density at radius 3 is 1.41 bits per heavy atom. The highest BCUT2D eigenvalue weighted by Crippen LogP contribution is 2.42. The summed E-state index contributed by atoms with van der Waals surface area (Å²) in [4.78, 5) is 59.7. The first-order chi connectivity index (χ1) is 29.3. The van der Waals surface area contributed by atoms with Gasteiger partial charge in [0.25, 0.3) is 0 Å². The van der Waals surface area contributed by atoms with Gasteiger partial charge in [0.1, 0.15) is 18.2 Å². The van der Waals surface area contributed by atoms with E-state index in [2.05, 4.69) is 26.1 Å². The van der Waals surface area contributed by atoms with Crippen LogP contribution < -0.4 is 5.32 Å². The number of rotatable bonds is 40. The summed E-state index contributed by atoms with van der Waals surface area (Å²) in [7, 11) is -5.29. The molecule has 14 nitrogen and oxygen atoms in total. The van der Waals surface area contributed by atoms with Gasteiger partial charge >= 0.3 is 19.8 Å². The molecule has 1 aliphatic rings. The van der Waals surface area contributed by atoms with Gasteiger partial charge in [-0.2, -0.15) is 0 Å². The Balaban J connectivity index is 3.02. The SMILES string of the molecule is CCCCCCCCCCCCC[C@@H](O)CC(=O)O[C@H]1O[C@H](CO)[C@@H](OP(=O)(O)O)[C@H](OC(=O)CCCCCCCCCCC)[C@H]1NC(=O)C[C@H](O)CCCCCCCCC. The molecule has 1 rings (SSSR count). The van der Waals surface area contributed by atoms with Crippen molar-refractivity contribution in [1.82, 2.24) is 5.32 Å². The second kappa shape index (κ2) is 36.7. The summed E-state index contributed by atoms with van der Waals surface area (Å²) in [5, 5.41) is 34.4. The Bertz CT molecular complexity index is 1160. The van der Waals surface area contributed by atoms with E-state index in [0.717, 1.165) is 83.5 Å². The lowest BCUT2D eigenvalue weighted by Gasteiger charge is -2.44. The molecule has 0 unspecified atom stereocenters. The molecule has 0 bridgehead atoms. The van der Waals surface area contributed by atoms with Gasteiger partial charge in [0.2, 0.25) is 12.2 Å². The summed E-state index contributed by atoms with van der Waals surface area (Å²) in [6.45, 7) is 5.66. The van der Waals surface area contributed by atoms with E-state index in [0.29, 0.717) is 25.7 Å². The number of phosphoric acid groups is 1. The number of aliphatic hydroxyl groups is 3. The fraction of sp³-hybridized carbons (Fsp3) is 0.935. The number of phosphoric ester groups is 1. The van der Waals surface area contributed by atoms with Gasteiger partial charge in [0.05, 0.1) is 31.7 Å². The number of carbonyl (C=O) groups is 3. The van der Waals surface area contributed by atoms with Gasteiger partial charge < -0.3 is 44.6 Å². The second-order valence-electron chi connectivity index (χ2n) is 17.4. The number of ether oxygens (including phenoxy) is 3. The van der Waals surface area contributed by atoms with E-state index in [4.69, 9.17) is 18.7 Å². The van der Waals surface area contributed by atoms with Crippen LogP contribution >= 0.6 is 7.82 Å². The van der Waals surface area contributed by atoms with Crippen molar-refractivity contribution in [2.24, 2.45) is 0 Å². The Kier molecular flexibility index (Phi) is 34.5. The van der Waals surface area contributed by atoms with Gasteiger partial charge in [-0.1, -0.05) is 188 Å². The molecule has 0 aliphatic carbocycles. The molecule has 6 N–H and O–H groups in total. The molecule has 360 valence electrons. The van der Waals surface area contributed by atoms with Crippen molar-refractivity contribution >= 4 is 25.7 Å². The van der Waals surface area contributed by atoms with Crippen LogP contribution in [0.25, 0.3) is 0 Å². The molecule has 0 saturated carbocycles. The zero-order valence-electron chi connectivity index (χ0n) is 38.3. The third kappa shape index (κ3) is 30.2. The highest BCUT2D eigenvalue weighted by Gasteiger charge is 2.53. The van der Waals surface area contributed by atoms with E-state index >= 15 is 0 Å². The molecule has 1 saturated heterocycles. The monoisotopic (exact) mass is 894 g/mol. The van der Waals surface area contributed by atoms with Crippen LogP contribution in [0.15, 0.2) is 0 Å². The third-order valence-electron chi connectivity index (χ3n) is 11.5. The van der Waals surface area contributed by atoms with Crippen molar-refractivity contribution in [3.05, 3.63) is 0 Å². The first kappa shape index (κ1) is 57.4. The van der Waals surface area contributed by atoms with Crippen molar-refractivity contribution < 1.29 is 62.8 Å². The number of carbonyl (C=O) groups excluding carboxylic acids is 3. The van der Waals surface area contributed by atoms with Crippen LogP contribution in [0.5, 0.6) is 0 Å². The number of amides is 1. The highest BCUT2D eigenvalue weighted by molar-refractivity contribution is 7.46. The first-order valence-electron chi connectivity index (χ1n) is 24.4. The molecule has 0 aromatic rings. The number of unbranched alkanes of at least 4 members (excludes halogenated alkanes) is 24. The number of hydrogen-bond acceptors (Lipinski definition) is 11. The average Bonchev–Trinajstić information content (AvgIpc) is 3.20. The summed E-state index contributed by atoms with van der Waals surface area (Å²) in [5.74, 6) is -2.33. The van der Waals surface area contributed by atoms with Crippen LogP contribution in [-0.2, 0) is 37.7 Å². The second-order valence-corrected chi connectivity index (χ2v) is 18.5. The third-order valence-corrected chi connectivity index (χ3v) is 12.0. The maximum atomic E-state index is 13.5. The van der Waals surface area contributed by atoms with Crippen molar-refractivity contribution in [3.63, 3.8) is 0 Å². The predicted molar refractivity (Wildman–Crippen MR) is 237 cm³/mol. The van der Waals surface area contributed by atoms with Crippen molar-refractivity contribution in [3.8, 4) is 0 Å². The summed E-state index contributed by atoms with van der Waals surface area (Å²) < 4.78 is 34.5. The minimum atomic E-state index is -5.29. The van der Waals surface area contributed by atoms with E-state index in [1.165, 1.54) is 77.0 Å². The lowest BCUT2D eigenvalue weighted by Crippen LogP contribution is -2.66. The lowest BCUT2D eigenvalue weighted by molar-refractivity contribution is -0.265. The van der Waals surface area contributed by atoms with Crippen LogP contribution in [-0.4, -0.2) is 92.4 Å². The van der Waals surface area contributed by atoms with Gasteiger partial charge in [-0.05, 0) is 19.3 Å². The maximum absolute atomic E-state index is 13.5. The first-order valence-corrected chi connectivity index (χ1v) is 25.9. The fourth-order valence-electron chi connectivity index (χ4n) is 7.94. The average molecular weight is 894 g/mol. The molecular formula is C46H88NO13P. The molecule has 1 amide bonds. The normalized spacial score (nSPS) is 20.3. The van der Waals surface area contributed by atoms with E-state index < -0.39 is 81.5 Å². The minimum absolute atomic E-state index is 0.0346. The van der Waals surface area contributed by atoms with E-state index in [9.17, 15) is 44.1 Å². The Labute approximate surface area is 368 Å². The molecule has 0 radical (unpaired) electrons. The van der Waals surface area contributed by atoms with Gasteiger partial charge in [-0.15, -0.1) is 0 Å². The standard InChI is InChI=1S/C46H88NO13P/c1-4-7-10-13-16-18-19-21-23-26-29-32-38(50)35-42(53)59-46-43(47-40(51)34-37(49)31-28-25-22-15-12-9-6-3)45(44(39(36-48)57-46)60-61(54,55)56)58-41(52)33-30-27-24-20-17-14-11-8-5-2/h37-39,43-46,48-50H,4-36H2,1-3H3,(H,47,51)(H2,54,55,56)/t37-,38-,39-,43-,44-,45-,46-/m1/s1. The van der Waals surface area contributed by atoms with Gasteiger partial charge in [0, 0.05) is 6.42 Å². The Morgan fingerprint density at radius 1 is 0.574 bits per heavy atom. The molecular weight excluding hydrogens is 805 g/mol. The molecule has 1 fully saturated rings. The molecule has 0 aromatic heterocycles. The van der Waals surface area contributed by atoms with Gasteiger partial charge in [-0.3, -0.25) is 18.9 Å². The predicted octanol–water partition coefficient (Wildman–Crippen LogP) is 9.39. The highest BCUT2D eigenvalue weighted by atomic mass is 31.2. The zero-order chi connectivity index (χ0) is 45.1. The fourth-order valence-corrected chi connectivity index (χ4v) is 8.51. The van der Waals surface area contributed by atoms with Crippen molar-refractivity contribution in [1.29, 1.82) is 0 Å². The van der Waals surface area contributed by atoms with Crippen LogP contribution in [0.1, 0.15) is 226 Å². The van der Waals surface area contributed by atoms with E-state index in [-0.39, 0.29) is 12.8 Å². The molecule has 1 heterocycles. The number of aliphatic hydroxyl groups excluding tert-OH is 3. The van der Waals surface area contributed by atoms with Crippen LogP contribution in [0, 0.1) is 0 Å². The molecule has 0 spiro atoms. The molecule has 7 atom stereocenters. The molecule has 15 heteroatoms. The van der Waals surface area contributed by atoms with Gasteiger partial charge in [0.15, 0.2) is 6.10 Å². The summed E-state index contributed by atoms with van der Waals surface area (Å²) in [6.07, 6.45) is 20.1.